The number of carbonyl (C=O) groups excluding carboxylic acids is 2. The van der Waals surface area contributed by atoms with Crippen LogP contribution >= 0.6 is 0 Å². The first-order valence-corrected chi connectivity index (χ1v) is 9.82. The number of benzene rings is 3. The molecule has 2 N–H and O–H groups in total. The Hall–Kier alpha value is -3.73. The Kier molecular flexibility index (Phi) is 7.11. The van der Waals surface area contributed by atoms with Crippen molar-refractivity contribution < 1.29 is 9.59 Å². The van der Waals surface area contributed by atoms with Crippen LogP contribution in [0.4, 0.5) is 5.69 Å². The average Bonchev–Trinajstić information content (AvgIpc) is 2.75. The summed E-state index contributed by atoms with van der Waals surface area (Å²) >= 11 is 0. The summed E-state index contributed by atoms with van der Waals surface area (Å²) in [6, 6.07) is 26.7. The highest BCUT2D eigenvalue weighted by Crippen LogP contribution is 2.24. The number of carbonyl (C=O) groups is 2. The monoisotopic (exact) mass is 399 g/mol. The van der Waals surface area contributed by atoms with Gasteiger partial charge in [0.2, 0.25) is 5.91 Å². The molecule has 5 nitrogen and oxygen atoms in total. The number of aryl methyl sites for hydroxylation is 1. The molecule has 0 aliphatic heterocycles. The molecule has 152 valence electrons. The number of amides is 2. The third kappa shape index (κ3) is 5.88. The van der Waals surface area contributed by atoms with Gasteiger partial charge in [-0.05, 0) is 37.1 Å². The van der Waals surface area contributed by atoms with Gasteiger partial charge in [0.25, 0.3) is 5.91 Å². The molecule has 0 fully saturated rings. The minimum absolute atomic E-state index is 0.0928. The maximum absolute atomic E-state index is 12.9. The molecule has 0 bridgehead atoms. The summed E-state index contributed by atoms with van der Waals surface area (Å²) in [6.07, 6.45) is 0.0928. The molecular formula is C25H25N3O2. The molecule has 3 aromatic carbocycles. The Morgan fingerprint density at radius 2 is 1.37 bits per heavy atom. The van der Waals surface area contributed by atoms with Gasteiger partial charge in [-0.1, -0.05) is 78.4 Å². The smallest absolute Gasteiger partial charge is 0.252 e. The molecule has 5 heteroatoms. The summed E-state index contributed by atoms with van der Waals surface area (Å²) in [4.78, 5) is 25.2. The molecule has 0 heterocycles. The van der Waals surface area contributed by atoms with E-state index in [1.165, 1.54) is 0 Å². The minimum atomic E-state index is -0.481. The molecule has 0 atom stereocenters. The predicted molar refractivity (Wildman–Crippen MR) is 120 cm³/mol. The van der Waals surface area contributed by atoms with Gasteiger partial charge in [-0.2, -0.15) is 5.10 Å². The second-order valence-corrected chi connectivity index (χ2v) is 7.17. The Balaban J connectivity index is 1.65. The fourth-order valence-corrected chi connectivity index (χ4v) is 3.12. The van der Waals surface area contributed by atoms with Crippen LogP contribution in [0.1, 0.15) is 36.0 Å². The molecule has 0 aliphatic rings. The highest BCUT2D eigenvalue weighted by Gasteiger charge is 2.22. The molecule has 0 saturated carbocycles. The number of hydrazone groups is 1. The van der Waals surface area contributed by atoms with Gasteiger partial charge in [-0.15, -0.1) is 0 Å². The fourth-order valence-electron chi connectivity index (χ4n) is 3.12. The third-order valence-electron chi connectivity index (χ3n) is 4.64. The van der Waals surface area contributed by atoms with E-state index in [-0.39, 0.29) is 18.2 Å². The van der Waals surface area contributed by atoms with Crippen molar-refractivity contribution >= 4 is 23.2 Å². The molecule has 3 rings (SSSR count). The standard InChI is InChI=1S/C25H25N3O2/c1-18-13-15-22(16-14-18)26-23(29)17-19(2)27-28-25(30)24(20-9-5-3-6-10-20)21-11-7-4-8-12-21/h3-16,24H,17H2,1-2H3,(H,26,29)(H,28,30). The number of hydrogen-bond acceptors (Lipinski definition) is 3. The Bertz CT molecular complexity index is 974. The number of hydrogen-bond donors (Lipinski definition) is 2. The summed E-state index contributed by atoms with van der Waals surface area (Å²) in [5, 5.41) is 6.98. The third-order valence-corrected chi connectivity index (χ3v) is 4.64. The largest absolute Gasteiger partial charge is 0.326 e. The SMILES string of the molecule is CC(CC(=O)Nc1ccc(C)cc1)=NNC(=O)C(c1ccccc1)c1ccccc1. The van der Waals surface area contributed by atoms with Gasteiger partial charge >= 0.3 is 0 Å². The molecular weight excluding hydrogens is 374 g/mol. The first kappa shape index (κ1) is 21.0. The van der Waals surface area contributed by atoms with Crippen LogP contribution in [0, 0.1) is 6.92 Å². The van der Waals surface area contributed by atoms with Crippen LogP contribution in [0.5, 0.6) is 0 Å². The van der Waals surface area contributed by atoms with E-state index in [1.807, 2.05) is 91.9 Å². The van der Waals surface area contributed by atoms with Gasteiger partial charge in [0.15, 0.2) is 0 Å². The van der Waals surface area contributed by atoms with E-state index in [0.29, 0.717) is 5.71 Å². The van der Waals surface area contributed by atoms with Crippen LogP contribution in [-0.4, -0.2) is 17.5 Å². The highest BCUT2D eigenvalue weighted by molar-refractivity contribution is 6.05. The lowest BCUT2D eigenvalue weighted by Gasteiger charge is -2.16. The van der Waals surface area contributed by atoms with Crippen LogP contribution in [0.2, 0.25) is 0 Å². The van der Waals surface area contributed by atoms with Crippen LogP contribution < -0.4 is 10.7 Å². The zero-order valence-electron chi connectivity index (χ0n) is 17.1. The van der Waals surface area contributed by atoms with Crippen LogP contribution in [0.3, 0.4) is 0 Å². The van der Waals surface area contributed by atoms with Crippen molar-refractivity contribution in [2.75, 3.05) is 5.32 Å². The van der Waals surface area contributed by atoms with Crippen molar-refractivity contribution in [1.29, 1.82) is 0 Å². The fraction of sp³-hybridized carbons (Fsp3) is 0.160. The molecule has 0 radical (unpaired) electrons. The van der Waals surface area contributed by atoms with E-state index in [1.54, 1.807) is 6.92 Å². The molecule has 2 amide bonds. The maximum Gasteiger partial charge on any atom is 0.252 e. The van der Waals surface area contributed by atoms with Crippen molar-refractivity contribution in [3.63, 3.8) is 0 Å². The van der Waals surface area contributed by atoms with E-state index in [9.17, 15) is 9.59 Å². The van der Waals surface area contributed by atoms with Gasteiger partial charge in [0, 0.05) is 11.4 Å². The van der Waals surface area contributed by atoms with Gasteiger partial charge in [-0.3, -0.25) is 9.59 Å². The summed E-state index contributed by atoms with van der Waals surface area (Å²) in [5.41, 5.74) is 6.76. The van der Waals surface area contributed by atoms with Crippen LogP contribution in [0.25, 0.3) is 0 Å². The summed E-state index contributed by atoms with van der Waals surface area (Å²) < 4.78 is 0. The summed E-state index contributed by atoms with van der Waals surface area (Å²) in [5.74, 6) is -0.909. The van der Waals surface area contributed by atoms with Crippen molar-refractivity contribution in [2.24, 2.45) is 5.10 Å². The van der Waals surface area contributed by atoms with E-state index in [2.05, 4.69) is 15.8 Å². The Labute approximate surface area is 176 Å². The van der Waals surface area contributed by atoms with Gasteiger partial charge in [-0.25, -0.2) is 5.43 Å². The zero-order valence-corrected chi connectivity index (χ0v) is 17.1. The van der Waals surface area contributed by atoms with Gasteiger partial charge in [0.1, 0.15) is 0 Å². The number of rotatable bonds is 7. The van der Waals surface area contributed by atoms with E-state index < -0.39 is 5.92 Å². The molecule has 3 aromatic rings. The first-order chi connectivity index (χ1) is 14.5. The topological polar surface area (TPSA) is 70.6 Å². The van der Waals surface area contributed by atoms with Crippen molar-refractivity contribution in [1.82, 2.24) is 5.43 Å². The maximum atomic E-state index is 12.9. The quantitative estimate of drug-likeness (QED) is 0.448. The predicted octanol–water partition coefficient (Wildman–Crippen LogP) is 4.65. The number of nitrogens with one attached hydrogen (secondary N) is 2. The van der Waals surface area contributed by atoms with E-state index >= 15 is 0 Å². The summed E-state index contributed by atoms with van der Waals surface area (Å²) in [7, 11) is 0. The van der Waals surface area contributed by atoms with Crippen LogP contribution in [-0.2, 0) is 9.59 Å². The molecule has 0 spiro atoms. The second-order valence-electron chi connectivity index (χ2n) is 7.17. The Morgan fingerprint density at radius 3 is 1.90 bits per heavy atom. The van der Waals surface area contributed by atoms with Crippen molar-refractivity contribution in [3.05, 3.63) is 102 Å². The van der Waals surface area contributed by atoms with E-state index in [4.69, 9.17) is 0 Å². The second kappa shape index (κ2) is 10.2. The van der Waals surface area contributed by atoms with E-state index in [0.717, 1.165) is 22.4 Å². The Morgan fingerprint density at radius 1 is 0.833 bits per heavy atom. The number of nitrogens with zero attached hydrogens (tertiary/aromatic N) is 1. The molecule has 0 saturated heterocycles. The molecule has 30 heavy (non-hydrogen) atoms. The summed E-state index contributed by atoms with van der Waals surface area (Å²) in [6.45, 7) is 3.71. The number of anilines is 1. The normalized spacial score (nSPS) is 11.2. The zero-order chi connectivity index (χ0) is 21.3. The average molecular weight is 399 g/mol. The van der Waals surface area contributed by atoms with Crippen molar-refractivity contribution in [2.45, 2.75) is 26.2 Å². The van der Waals surface area contributed by atoms with Gasteiger partial charge in [0.05, 0.1) is 12.3 Å². The van der Waals surface area contributed by atoms with Crippen LogP contribution in [0.15, 0.2) is 90.0 Å². The van der Waals surface area contributed by atoms with Gasteiger partial charge < -0.3 is 5.32 Å². The molecule has 0 aliphatic carbocycles. The van der Waals surface area contributed by atoms with Crippen molar-refractivity contribution in [3.8, 4) is 0 Å². The lowest BCUT2D eigenvalue weighted by molar-refractivity contribution is -0.121. The molecule has 0 aromatic heterocycles. The highest BCUT2D eigenvalue weighted by atomic mass is 16.2. The minimum Gasteiger partial charge on any atom is -0.326 e. The lowest BCUT2D eigenvalue weighted by atomic mass is 9.91. The molecule has 0 unspecified atom stereocenters. The lowest BCUT2D eigenvalue weighted by Crippen LogP contribution is -2.27. The first-order valence-electron chi connectivity index (χ1n) is 9.82.